The minimum atomic E-state index is -0.283. The predicted molar refractivity (Wildman–Crippen MR) is 124 cm³/mol. The molecule has 0 atom stereocenters. The van der Waals surface area contributed by atoms with Crippen LogP contribution in [0.25, 0.3) is 11.0 Å². The summed E-state index contributed by atoms with van der Waals surface area (Å²) in [7, 11) is 1.73. The molecule has 158 valence electrons. The average Bonchev–Trinajstić information content (AvgIpc) is 2.77. The standard InChI is InChI=1S/C24H28N2O3S/c1-18-16-24(27)29-23-17-19(8-9-20(18)23)30-15-5-10-25-11-13-26(14-12-25)21-6-3-4-7-22(21)28-2/h3-4,6-9,16-17H,5,10-15H2,1-2H3. The molecule has 4 rings (SSSR count). The first-order chi connectivity index (χ1) is 14.6. The molecule has 1 aromatic heterocycles. The van der Waals surface area contributed by atoms with Gasteiger partial charge in [0.15, 0.2) is 0 Å². The Morgan fingerprint density at radius 2 is 1.87 bits per heavy atom. The molecule has 0 spiro atoms. The summed E-state index contributed by atoms with van der Waals surface area (Å²) >= 11 is 1.82. The first-order valence-electron chi connectivity index (χ1n) is 10.4. The van der Waals surface area contributed by atoms with Gasteiger partial charge >= 0.3 is 5.63 Å². The van der Waals surface area contributed by atoms with E-state index in [1.54, 1.807) is 13.2 Å². The van der Waals surface area contributed by atoms with Gasteiger partial charge in [-0.1, -0.05) is 12.1 Å². The second kappa shape index (κ2) is 9.58. The topological polar surface area (TPSA) is 45.9 Å². The van der Waals surface area contributed by atoms with Gasteiger partial charge in [-0.25, -0.2) is 4.79 Å². The zero-order valence-electron chi connectivity index (χ0n) is 17.6. The Morgan fingerprint density at radius 3 is 2.67 bits per heavy atom. The highest BCUT2D eigenvalue weighted by Gasteiger charge is 2.19. The number of hydrogen-bond acceptors (Lipinski definition) is 6. The number of rotatable bonds is 7. The van der Waals surface area contributed by atoms with E-state index in [0.29, 0.717) is 5.58 Å². The van der Waals surface area contributed by atoms with Gasteiger partial charge in [-0.3, -0.25) is 4.90 Å². The van der Waals surface area contributed by atoms with E-state index in [0.717, 1.165) is 66.5 Å². The maximum absolute atomic E-state index is 11.6. The van der Waals surface area contributed by atoms with Crippen LogP contribution in [-0.4, -0.2) is 50.5 Å². The summed E-state index contributed by atoms with van der Waals surface area (Å²) in [6, 6.07) is 15.9. The van der Waals surface area contributed by atoms with Crippen molar-refractivity contribution in [3.63, 3.8) is 0 Å². The SMILES string of the molecule is COc1ccccc1N1CCN(CCCSc2ccc3c(C)cc(=O)oc3c2)CC1. The maximum Gasteiger partial charge on any atom is 0.336 e. The Labute approximate surface area is 181 Å². The molecule has 6 heteroatoms. The number of fused-ring (bicyclic) bond motifs is 1. The van der Waals surface area contributed by atoms with Crippen molar-refractivity contribution in [3.8, 4) is 5.75 Å². The van der Waals surface area contributed by atoms with E-state index in [1.807, 2.05) is 43.0 Å². The third-order valence-corrected chi connectivity index (χ3v) is 6.69. The van der Waals surface area contributed by atoms with Gasteiger partial charge < -0.3 is 14.1 Å². The molecule has 0 aliphatic carbocycles. The van der Waals surface area contributed by atoms with Crippen molar-refractivity contribution in [2.24, 2.45) is 0 Å². The Balaban J connectivity index is 1.24. The molecule has 0 N–H and O–H groups in total. The molecule has 5 nitrogen and oxygen atoms in total. The highest BCUT2D eigenvalue weighted by atomic mass is 32.2. The lowest BCUT2D eigenvalue weighted by molar-refractivity contribution is 0.258. The van der Waals surface area contributed by atoms with E-state index in [1.165, 1.54) is 5.69 Å². The minimum absolute atomic E-state index is 0.283. The fraction of sp³-hybridized carbons (Fsp3) is 0.375. The molecular formula is C24H28N2O3S. The van der Waals surface area contributed by atoms with Crippen molar-refractivity contribution >= 4 is 28.4 Å². The molecule has 30 heavy (non-hydrogen) atoms. The van der Waals surface area contributed by atoms with Gasteiger partial charge in [0, 0.05) is 42.5 Å². The molecule has 0 radical (unpaired) electrons. The number of nitrogens with zero attached hydrogens (tertiary/aromatic N) is 2. The van der Waals surface area contributed by atoms with Gasteiger partial charge in [0.05, 0.1) is 12.8 Å². The normalized spacial score (nSPS) is 14.9. The highest BCUT2D eigenvalue weighted by Crippen LogP contribution is 2.29. The summed E-state index contributed by atoms with van der Waals surface area (Å²) in [6.45, 7) is 7.24. The van der Waals surface area contributed by atoms with Crippen LogP contribution in [0, 0.1) is 6.92 Å². The molecule has 0 bridgehead atoms. The molecule has 1 fully saturated rings. The van der Waals surface area contributed by atoms with Gasteiger partial charge in [0.2, 0.25) is 0 Å². The first-order valence-corrected chi connectivity index (χ1v) is 11.4. The van der Waals surface area contributed by atoms with Gasteiger partial charge in [0.25, 0.3) is 0 Å². The highest BCUT2D eigenvalue weighted by molar-refractivity contribution is 7.99. The Bertz CT molecular complexity index is 1060. The van der Waals surface area contributed by atoms with Crippen molar-refractivity contribution in [2.75, 3.05) is 50.5 Å². The number of benzene rings is 2. The van der Waals surface area contributed by atoms with Crippen LogP contribution in [0.15, 0.2) is 62.6 Å². The maximum atomic E-state index is 11.6. The molecule has 0 amide bonds. The molecule has 0 saturated carbocycles. The smallest absolute Gasteiger partial charge is 0.336 e. The Kier molecular flexibility index (Phi) is 6.65. The molecule has 1 aliphatic heterocycles. The van der Waals surface area contributed by atoms with Crippen LogP contribution < -0.4 is 15.3 Å². The number of anilines is 1. The zero-order valence-corrected chi connectivity index (χ0v) is 18.4. The van der Waals surface area contributed by atoms with E-state index < -0.39 is 0 Å². The van der Waals surface area contributed by atoms with E-state index in [2.05, 4.69) is 28.0 Å². The Hall–Kier alpha value is -2.44. The van der Waals surface area contributed by atoms with Crippen LogP contribution in [0.4, 0.5) is 5.69 Å². The lowest BCUT2D eigenvalue weighted by atomic mass is 10.1. The third-order valence-electron chi connectivity index (χ3n) is 5.61. The average molecular weight is 425 g/mol. The number of hydrogen-bond donors (Lipinski definition) is 0. The van der Waals surface area contributed by atoms with Crippen LogP contribution in [-0.2, 0) is 0 Å². The van der Waals surface area contributed by atoms with E-state index in [4.69, 9.17) is 9.15 Å². The molecule has 1 saturated heterocycles. The van der Waals surface area contributed by atoms with Crippen molar-refractivity contribution in [3.05, 3.63) is 64.5 Å². The van der Waals surface area contributed by atoms with Gasteiger partial charge in [-0.2, -0.15) is 0 Å². The molecular weight excluding hydrogens is 396 g/mol. The largest absolute Gasteiger partial charge is 0.495 e. The number of para-hydroxylation sites is 2. The van der Waals surface area contributed by atoms with Gasteiger partial charge in [-0.15, -0.1) is 11.8 Å². The van der Waals surface area contributed by atoms with Crippen LogP contribution in [0.1, 0.15) is 12.0 Å². The fourth-order valence-corrected chi connectivity index (χ4v) is 4.84. The number of piperazine rings is 1. The van der Waals surface area contributed by atoms with E-state index in [-0.39, 0.29) is 5.63 Å². The first kappa shape index (κ1) is 20.8. The summed E-state index contributed by atoms with van der Waals surface area (Å²) in [5.41, 5.74) is 2.55. The number of aryl methyl sites for hydroxylation is 1. The summed E-state index contributed by atoms with van der Waals surface area (Å²) in [5.74, 6) is 2.00. The summed E-state index contributed by atoms with van der Waals surface area (Å²) < 4.78 is 10.9. The monoisotopic (exact) mass is 424 g/mol. The third kappa shape index (κ3) is 4.82. The van der Waals surface area contributed by atoms with Gasteiger partial charge in [-0.05, 0) is 61.5 Å². The van der Waals surface area contributed by atoms with Crippen LogP contribution >= 0.6 is 11.8 Å². The zero-order chi connectivity index (χ0) is 20.9. The second-order valence-electron chi connectivity index (χ2n) is 7.61. The van der Waals surface area contributed by atoms with E-state index in [9.17, 15) is 4.79 Å². The minimum Gasteiger partial charge on any atom is -0.495 e. The lowest BCUT2D eigenvalue weighted by Gasteiger charge is -2.36. The number of methoxy groups -OCH3 is 1. The van der Waals surface area contributed by atoms with Crippen LogP contribution in [0.3, 0.4) is 0 Å². The number of ether oxygens (including phenoxy) is 1. The van der Waals surface area contributed by atoms with Crippen molar-refractivity contribution in [1.29, 1.82) is 0 Å². The van der Waals surface area contributed by atoms with Crippen LogP contribution in [0.2, 0.25) is 0 Å². The molecule has 2 heterocycles. The van der Waals surface area contributed by atoms with Crippen molar-refractivity contribution < 1.29 is 9.15 Å². The van der Waals surface area contributed by atoms with Crippen molar-refractivity contribution in [2.45, 2.75) is 18.2 Å². The van der Waals surface area contributed by atoms with E-state index >= 15 is 0 Å². The number of thioether (sulfide) groups is 1. The van der Waals surface area contributed by atoms with Crippen LogP contribution in [0.5, 0.6) is 5.75 Å². The van der Waals surface area contributed by atoms with Crippen molar-refractivity contribution in [1.82, 2.24) is 4.90 Å². The summed E-state index contributed by atoms with van der Waals surface area (Å²) in [6.07, 6.45) is 1.13. The summed E-state index contributed by atoms with van der Waals surface area (Å²) in [5, 5.41) is 1.01. The molecule has 1 aliphatic rings. The quantitative estimate of drug-likeness (QED) is 0.318. The lowest BCUT2D eigenvalue weighted by Crippen LogP contribution is -2.46. The predicted octanol–water partition coefficient (Wildman–Crippen LogP) is 4.41. The fourth-order valence-electron chi connectivity index (χ4n) is 3.98. The Morgan fingerprint density at radius 1 is 1.07 bits per heavy atom. The molecule has 3 aromatic rings. The molecule has 2 aromatic carbocycles. The molecule has 0 unspecified atom stereocenters. The summed E-state index contributed by atoms with van der Waals surface area (Å²) in [4.78, 5) is 17.7. The second-order valence-corrected chi connectivity index (χ2v) is 8.78. The van der Waals surface area contributed by atoms with Gasteiger partial charge in [0.1, 0.15) is 11.3 Å².